The van der Waals surface area contributed by atoms with Gasteiger partial charge in [0.1, 0.15) is 11.5 Å². The molecular weight excluding hydrogens is 376 g/mol. The minimum atomic E-state index is -0.467. The highest BCUT2D eigenvalue weighted by atomic mass is 16.5. The van der Waals surface area contributed by atoms with Crippen molar-refractivity contribution in [2.75, 3.05) is 0 Å². The van der Waals surface area contributed by atoms with Gasteiger partial charge in [-0.15, -0.1) is 0 Å². The van der Waals surface area contributed by atoms with Crippen LogP contribution < -0.4 is 9.47 Å². The van der Waals surface area contributed by atoms with Gasteiger partial charge >= 0.3 is 11.9 Å². The second-order valence-electron chi connectivity index (χ2n) is 6.77. The molecule has 0 amide bonds. The van der Waals surface area contributed by atoms with Crippen LogP contribution in [0.2, 0.25) is 0 Å². The molecule has 0 spiro atoms. The number of ether oxygens (including phenoxy) is 2. The molecule has 0 aliphatic carbocycles. The van der Waals surface area contributed by atoms with Crippen LogP contribution in [0.5, 0.6) is 11.5 Å². The molecule has 0 fully saturated rings. The van der Waals surface area contributed by atoms with Gasteiger partial charge in [0.25, 0.3) is 0 Å². The topological polar surface area (TPSA) is 52.6 Å². The fourth-order valence-corrected chi connectivity index (χ4v) is 3.30. The van der Waals surface area contributed by atoms with Crippen LogP contribution in [0.1, 0.15) is 33.2 Å². The van der Waals surface area contributed by atoms with E-state index in [0.29, 0.717) is 34.4 Å². The first kappa shape index (κ1) is 19.4. The number of benzene rings is 4. The molecular formula is C26H20O4. The van der Waals surface area contributed by atoms with Gasteiger partial charge in [-0.3, -0.25) is 0 Å². The van der Waals surface area contributed by atoms with Gasteiger partial charge in [0, 0.05) is 0 Å². The van der Waals surface area contributed by atoms with Gasteiger partial charge in [-0.25, -0.2) is 9.59 Å². The molecule has 30 heavy (non-hydrogen) atoms. The molecule has 0 unspecified atom stereocenters. The molecule has 4 aromatic carbocycles. The Kier molecular flexibility index (Phi) is 5.57. The third-order valence-electron chi connectivity index (χ3n) is 4.84. The van der Waals surface area contributed by atoms with Crippen LogP contribution in [-0.2, 0) is 6.42 Å². The minimum absolute atomic E-state index is 0.354. The average molecular weight is 396 g/mol. The van der Waals surface area contributed by atoms with Crippen molar-refractivity contribution in [1.29, 1.82) is 0 Å². The third kappa shape index (κ3) is 3.94. The number of carbonyl (C=O) groups is 2. The molecule has 0 atom stereocenters. The summed E-state index contributed by atoms with van der Waals surface area (Å²) in [6.45, 7) is 1.99. The summed E-state index contributed by atoms with van der Waals surface area (Å²) in [5, 5.41) is 1.42. The number of hydrogen-bond acceptors (Lipinski definition) is 4. The normalized spacial score (nSPS) is 10.6. The quantitative estimate of drug-likeness (QED) is 0.314. The van der Waals surface area contributed by atoms with E-state index in [9.17, 15) is 9.59 Å². The monoisotopic (exact) mass is 396 g/mol. The molecule has 4 heteroatoms. The van der Waals surface area contributed by atoms with Gasteiger partial charge in [0.2, 0.25) is 0 Å². The summed E-state index contributed by atoms with van der Waals surface area (Å²) in [6, 6.07) is 26.9. The van der Waals surface area contributed by atoms with Crippen LogP contribution >= 0.6 is 0 Å². The molecule has 0 aliphatic heterocycles. The largest absolute Gasteiger partial charge is 0.422 e. The lowest BCUT2D eigenvalue weighted by Crippen LogP contribution is -2.12. The first-order valence-corrected chi connectivity index (χ1v) is 9.76. The maximum atomic E-state index is 12.8. The molecule has 4 aromatic rings. The lowest BCUT2D eigenvalue weighted by Gasteiger charge is -2.15. The molecule has 0 heterocycles. The number of hydrogen-bond donors (Lipinski definition) is 0. The fourth-order valence-electron chi connectivity index (χ4n) is 3.30. The van der Waals surface area contributed by atoms with Crippen molar-refractivity contribution in [2.45, 2.75) is 13.3 Å². The van der Waals surface area contributed by atoms with Crippen LogP contribution in [0.15, 0.2) is 91.0 Å². The van der Waals surface area contributed by atoms with E-state index in [-0.39, 0.29) is 0 Å². The summed E-state index contributed by atoms with van der Waals surface area (Å²) in [5.74, 6) is -0.153. The molecule has 0 saturated heterocycles. The summed E-state index contributed by atoms with van der Waals surface area (Å²) >= 11 is 0. The Bertz CT molecular complexity index is 1200. The Balaban J connectivity index is 1.78. The van der Waals surface area contributed by atoms with E-state index < -0.39 is 11.9 Å². The van der Waals surface area contributed by atoms with Gasteiger partial charge in [0.05, 0.1) is 16.5 Å². The van der Waals surface area contributed by atoms with Gasteiger partial charge in [0.15, 0.2) is 0 Å². The summed E-state index contributed by atoms with van der Waals surface area (Å²) in [4.78, 5) is 25.4. The number of aryl methyl sites for hydroxylation is 1. The summed E-state index contributed by atoms with van der Waals surface area (Å²) in [7, 11) is 0. The van der Waals surface area contributed by atoms with Crippen LogP contribution in [0.4, 0.5) is 0 Å². The molecule has 0 saturated carbocycles. The summed E-state index contributed by atoms with van der Waals surface area (Å²) < 4.78 is 11.5. The second-order valence-corrected chi connectivity index (χ2v) is 6.77. The molecule has 4 nitrogen and oxygen atoms in total. The van der Waals surface area contributed by atoms with Gasteiger partial charge in [-0.05, 0) is 47.7 Å². The molecule has 4 rings (SSSR count). The molecule has 0 N–H and O–H groups in total. The lowest BCUT2D eigenvalue weighted by molar-refractivity contribution is 0.0735. The molecule has 0 radical (unpaired) electrons. The van der Waals surface area contributed by atoms with E-state index in [1.807, 2.05) is 43.3 Å². The average Bonchev–Trinajstić information content (AvgIpc) is 2.80. The maximum Gasteiger partial charge on any atom is 0.343 e. The first-order chi connectivity index (χ1) is 14.7. The van der Waals surface area contributed by atoms with Crippen LogP contribution in [0.3, 0.4) is 0 Å². The molecule has 148 valence electrons. The van der Waals surface area contributed by atoms with E-state index >= 15 is 0 Å². The standard InChI is InChI=1S/C26H20O4/c1-2-18-16-17-19-14-9-15-22(29-25(27)20-10-5-3-6-11-20)23(19)24(18)30-26(28)21-12-7-4-8-13-21/h3-17H,2H2,1H3. The third-order valence-corrected chi connectivity index (χ3v) is 4.84. The van der Waals surface area contributed by atoms with Gasteiger partial charge in [-0.2, -0.15) is 0 Å². The highest BCUT2D eigenvalue weighted by Crippen LogP contribution is 2.38. The van der Waals surface area contributed by atoms with Gasteiger partial charge < -0.3 is 9.47 Å². The zero-order chi connectivity index (χ0) is 20.9. The van der Waals surface area contributed by atoms with Crippen LogP contribution in [-0.4, -0.2) is 11.9 Å². The summed E-state index contributed by atoms with van der Waals surface area (Å²) in [5.41, 5.74) is 1.76. The smallest absolute Gasteiger partial charge is 0.343 e. The maximum absolute atomic E-state index is 12.8. The van der Waals surface area contributed by atoms with Crippen molar-refractivity contribution >= 4 is 22.7 Å². The van der Waals surface area contributed by atoms with E-state index in [1.54, 1.807) is 54.6 Å². The van der Waals surface area contributed by atoms with Crippen molar-refractivity contribution in [2.24, 2.45) is 0 Å². The number of esters is 2. The van der Waals surface area contributed by atoms with Crippen molar-refractivity contribution in [3.63, 3.8) is 0 Å². The Morgan fingerprint density at radius 3 is 1.87 bits per heavy atom. The zero-order valence-electron chi connectivity index (χ0n) is 16.5. The predicted molar refractivity (Wildman–Crippen MR) is 116 cm³/mol. The SMILES string of the molecule is CCc1ccc2cccc(OC(=O)c3ccccc3)c2c1OC(=O)c1ccccc1. The highest BCUT2D eigenvalue weighted by molar-refractivity contribution is 6.01. The number of rotatable bonds is 5. The number of carbonyl (C=O) groups excluding carboxylic acids is 2. The van der Waals surface area contributed by atoms with Gasteiger partial charge in [-0.1, -0.05) is 67.6 Å². The van der Waals surface area contributed by atoms with Crippen molar-refractivity contribution in [1.82, 2.24) is 0 Å². The van der Waals surface area contributed by atoms with E-state index in [1.165, 1.54) is 0 Å². The predicted octanol–water partition coefficient (Wildman–Crippen LogP) is 5.84. The summed E-state index contributed by atoms with van der Waals surface area (Å²) in [6.07, 6.45) is 0.661. The minimum Gasteiger partial charge on any atom is -0.422 e. The Hall–Kier alpha value is -3.92. The Morgan fingerprint density at radius 1 is 0.667 bits per heavy atom. The van der Waals surface area contributed by atoms with Crippen LogP contribution in [0.25, 0.3) is 10.8 Å². The highest BCUT2D eigenvalue weighted by Gasteiger charge is 2.19. The Labute approximate surface area is 174 Å². The molecule has 0 aromatic heterocycles. The van der Waals surface area contributed by atoms with Crippen molar-refractivity contribution < 1.29 is 19.1 Å². The first-order valence-electron chi connectivity index (χ1n) is 9.76. The molecule has 0 bridgehead atoms. The number of fused-ring (bicyclic) bond motifs is 1. The van der Waals surface area contributed by atoms with E-state index in [4.69, 9.17) is 9.47 Å². The van der Waals surface area contributed by atoms with E-state index in [2.05, 4.69) is 0 Å². The van der Waals surface area contributed by atoms with E-state index in [0.717, 1.165) is 10.9 Å². The molecule has 0 aliphatic rings. The van der Waals surface area contributed by atoms with Crippen LogP contribution in [0, 0.1) is 0 Å². The fraction of sp³-hybridized carbons (Fsp3) is 0.0769. The van der Waals surface area contributed by atoms with Crippen molar-refractivity contribution in [3.05, 3.63) is 108 Å². The van der Waals surface area contributed by atoms with Crippen molar-refractivity contribution in [3.8, 4) is 11.5 Å². The second kappa shape index (κ2) is 8.62. The lowest BCUT2D eigenvalue weighted by atomic mass is 10.0. The zero-order valence-corrected chi connectivity index (χ0v) is 16.5. The Morgan fingerprint density at radius 2 is 1.27 bits per heavy atom.